The van der Waals surface area contributed by atoms with Crippen LogP contribution in [0.2, 0.25) is 0 Å². The van der Waals surface area contributed by atoms with Crippen LogP contribution in [-0.2, 0) is 4.74 Å². The summed E-state index contributed by atoms with van der Waals surface area (Å²) in [7, 11) is 3.44. The van der Waals surface area contributed by atoms with Gasteiger partial charge in [0.1, 0.15) is 5.82 Å². The molecule has 1 aromatic rings. The Labute approximate surface area is 86.9 Å². The SMILES string of the molecule is COCCCN(C)c1cc(=O)[nH]c(=O)[nH]1. The summed E-state index contributed by atoms with van der Waals surface area (Å²) < 4.78 is 4.91. The van der Waals surface area contributed by atoms with E-state index in [0.29, 0.717) is 19.0 Å². The highest BCUT2D eigenvalue weighted by Gasteiger charge is 2.02. The summed E-state index contributed by atoms with van der Waals surface area (Å²) in [6.07, 6.45) is 0.835. The van der Waals surface area contributed by atoms with Gasteiger partial charge in [-0.25, -0.2) is 4.79 Å². The number of rotatable bonds is 5. The average molecular weight is 213 g/mol. The minimum absolute atomic E-state index is 0.396. The van der Waals surface area contributed by atoms with Crippen molar-refractivity contribution in [1.82, 2.24) is 9.97 Å². The maximum atomic E-state index is 11.0. The van der Waals surface area contributed by atoms with Crippen LogP contribution in [0.3, 0.4) is 0 Å². The van der Waals surface area contributed by atoms with Crippen molar-refractivity contribution in [2.45, 2.75) is 6.42 Å². The number of H-pyrrole nitrogens is 2. The summed E-state index contributed by atoms with van der Waals surface area (Å²) in [5.41, 5.74) is -0.886. The van der Waals surface area contributed by atoms with Gasteiger partial charge in [0.05, 0.1) is 0 Å². The van der Waals surface area contributed by atoms with Gasteiger partial charge in [0.2, 0.25) is 0 Å². The molecule has 0 aliphatic carbocycles. The van der Waals surface area contributed by atoms with Crippen molar-refractivity contribution in [3.05, 3.63) is 26.9 Å². The summed E-state index contributed by atoms with van der Waals surface area (Å²) >= 11 is 0. The number of hydrogen-bond donors (Lipinski definition) is 2. The van der Waals surface area contributed by atoms with Crippen molar-refractivity contribution >= 4 is 5.82 Å². The Morgan fingerprint density at radius 1 is 1.40 bits per heavy atom. The van der Waals surface area contributed by atoms with Crippen LogP contribution in [0.4, 0.5) is 5.82 Å². The highest BCUT2D eigenvalue weighted by molar-refractivity contribution is 5.34. The molecule has 0 saturated heterocycles. The van der Waals surface area contributed by atoms with Gasteiger partial charge in [-0.2, -0.15) is 0 Å². The lowest BCUT2D eigenvalue weighted by molar-refractivity contribution is 0.196. The van der Waals surface area contributed by atoms with Crippen molar-refractivity contribution < 1.29 is 4.74 Å². The standard InChI is InChI=1S/C9H15N3O3/c1-12(4-3-5-15-2)7-6-8(13)11-9(14)10-7/h6H,3-5H2,1-2H3,(H2,10,11,13,14). The molecule has 0 radical (unpaired) electrons. The number of anilines is 1. The molecule has 1 heterocycles. The van der Waals surface area contributed by atoms with Crippen molar-refractivity contribution in [3.63, 3.8) is 0 Å². The molecule has 6 nitrogen and oxygen atoms in total. The van der Waals surface area contributed by atoms with Gasteiger partial charge in [0.15, 0.2) is 0 Å². The number of aromatic amines is 2. The Bertz CT molecular complexity index is 381. The first-order valence-electron chi connectivity index (χ1n) is 4.67. The Hall–Kier alpha value is -1.56. The fraction of sp³-hybridized carbons (Fsp3) is 0.556. The molecular formula is C9H15N3O3. The molecule has 0 amide bonds. The highest BCUT2D eigenvalue weighted by atomic mass is 16.5. The summed E-state index contributed by atoms with van der Waals surface area (Å²) in [5.74, 6) is 0.514. The molecule has 0 fully saturated rings. The zero-order chi connectivity index (χ0) is 11.3. The van der Waals surface area contributed by atoms with Crippen LogP contribution in [-0.4, -0.2) is 37.3 Å². The summed E-state index contributed by atoms with van der Waals surface area (Å²) in [6, 6.07) is 1.36. The molecule has 0 atom stereocenters. The quantitative estimate of drug-likeness (QED) is 0.648. The molecule has 2 N–H and O–H groups in total. The second kappa shape index (κ2) is 5.35. The molecule has 1 rings (SSSR count). The molecule has 0 aliphatic heterocycles. The van der Waals surface area contributed by atoms with E-state index in [4.69, 9.17) is 4.74 Å². The molecule has 6 heteroatoms. The molecule has 0 saturated carbocycles. The van der Waals surface area contributed by atoms with Crippen molar-refractivity contribution in [2.24, 2.45) is 0 Å². The van der Waals surface area contributed by atoms with E-state index in [9.17, 15) is 9.59 Å². The van der Waals surface area contributed by atoms with Crippen molar-refractivity contribution in [2.75, 3.05) is 32.2 Å². The van der Waals surface area contributed by atoms with Crippen LogP contribution in [0.25, 0.3) is 0 Å². The predicted octanol–water partition coefficient (Wildman–Crippen LogP) is -0.464. The lowest BCUT2D eigenvalue weighted by Crippen LogP contribution is -2.28. The third kappa shape index (κ3) is 3.59. The molecule has 0 aromatic carbocycles. The van der Waals surface area contributed by atoms with Crippen LogP contribution in [0.15, 0.2) is 15.7 Å². The fourth-order valence-electron chi connectivity index (χ4n) is 1.23. The molecule has 0 aliphatic rings. The van der Waals surface area contributed by atoms with Crippen molar-refractivity contribution in [1.29, 1.82) is 0 Å². The number of ether oxygens (including phenoxy) is 1. The fourth-order valence-corrected chi connectivity index (χ4v) is 1.23. The second-order valence-corrected chi connectivity index (χ2v) is 3.24. The van der Waals surface area contributed by atoms with E-state index in [2.05, 4.69) is 9.97 Å². The van der Waals surface area contributed by atoms with Crippen LogP contribution in [0.1, 0.15) is 6.42 Å². The molecule has 0 bridgehead atoms. The van der Waals surface area contributed by atoms with Crippen LogP contribution >= 0.6 is 0 Å². The van der Waals surface area contributed by atoms with Gasteiger partial charge in [-0.05, 0) is 6.42 Å². The molecule has 84 valence electrons. The topological polar surface area (TPSA) is 78.2 Å². The number of hydrogen-bond acceptors (Lipinski definition) is 4. The van der Waals surface area contributed by atoms with E-state index < -0.39 is 11.2 Å². The van der Waals surface area contributed by atoms with E-state index in [1.54, 1.807) is 19.1 Å². The first-order chi connectivity index (χ1) is 7.13. The third-order valence-corrected chi connectivity index (χ3v) is 2.00. The number of nitrogens with zero attached hydrogens (tertiary/aromatic N) is 1. The van der Waals surface area contributed by atoms with E-state index in [1.165, 1.54) is 6.07 Å². The van der Waals surface area contributed by atoms with Gasteiger partial charge in [0.25, 0.3) is 5.56 Å². The summed E-state index contributed by atoms with van der Waals surface area (Å²) in [5, 5.41) is 0. The molecule has 1 aromatic heterocycles. The molecule has 15 heavy (non-hydrogen) atoms. The zero-order valence-electron chi connectivity index (χ0n) is 8.87. The largest absolute Gasteiger partial charge is 0.385 e. The minimum Gasteiger partial charge on any atom is -0.385 e. The van der Waals surface area contributed by atoms with E-state index >= 15 is 0 Å². The van der Waals surface area contributed by atoms with Gasteiger partial charge in [0, 0.05) is 33.4 Å². The summed E-state index contributed by atoms with van der Waals surface area (Å²) in [4.78, 5) is 28.5. The Kier molecular flexibility index (Phi) is 4.11. The zero-order valence-corrected chi connectivity index (χ0v) is 8.87. The van der Waals surface area contributed by atoms with Gasteiger partial charge in [-0.15, -0.1) is 0 Å². The van der Waals surface area contributed by atoms with Crippen LogP contribution < -0.4 is 16.1 Å². The van der Waals surface area contributed by atoms with Crippen LogP contribution in [0, 0.1) is 0 Å². The lowest BCUT2D eigenvalue weighted by Gasteiger charge is -2.17. The third-order valence-electron chi connectivity index (χ3n) is 2.00. The maximum Gasteiger partial charge on any atom is 0.327 e. The second-order valence-electron chi connectivity index (χ2n) is 3.24. The predicted molar refractivity (Wildman–Crippen MR) is 57.4 cm³/mol. The van der Waals surface area contributed by atoms with Gasteiger partial charge in [-0.3, -0.25) is 14.8 Å². The Morgan fingerprint density at radius 3 is 2.73 bits per heavy atom. The molecule has 0 spiro atoms. The highest BCUT2D eigenvalue weighted by Crippen LogP contribution is 2.02. The first-order valence-corrected chi connectivity index (χ1v) is 4.67. The first kappa shape index (κ1) is 11.5. The number of methoxy groups -OCH3 is 1. The van der Waals surface area contributed by atoms with Gasteiger partial charge < -0.3 is 9.64 Å². The average Bonchev–Trinajstić information content (AvgIpc) is 2.16. The molecule has 0 unspecified atom stereocenters. The van der Waals surface area contributed by atoms with E-state index in [0.717, 1.165) is 6.42 Å². The van der Waals surface area contributed by atoms with E-state index in [-0.39, 0.29) is 0 Å². The summed E-state index contributed by atoms with van der Waals surface area (Å²) in [6.45, 7) is 1.37. The molecular weight excluding hydrogens is 198 g/mol. The maximum absolute atomic E-state index is 11.0. The lowest BCUT2D eigenvalue weighted by atomic mass is 10.4. The number of nitrogens with one attached hydrogen (secondary N) is 2. The van der Waals surface area contributed by atoms with E-state index in [1.807, 2.05) is 0 Å². The smallest absolute Gasteiger partial charge is 0.327 e. The monoisotopic (exact) mass is 213 g/mol. The van der Waals surface area contributed by atoms with Gasteiger partial charge >= 0.3 is 5.69 Å². The number of aromatic nitrogens is 2. The normalized spacial score (nSPS) is 10.3. The Morgan fingerprint density at radius 2 is 2.13 bits per heavy atom. The van der Waals surface area contributed by atoms with Crippen molar-refractivity contribution in [3.8, 4) is 0 Å². The Balaban J connectivity index is 2.69. The van der Waals surface area contributed by atoms with Gasteiger partial charge in [-0.1, -0.05) is 0 Å². The van der Waals surface area contributed by atoms with Crippen LogP contribution in [0.5, 0.6) is 0 Å². The minimum atomic E-state index is -0.490.